The van der Waals surface area contributed by atoms with Crippen LogP contribution < -0.4 is 4.74 Å². The minimum absolute atomic E-state index is 0.0225. The first-order chi connectivity index (χ1) is 14.0. The number of nitrogens with zero attached hydrogens (tertiary/aromatic N) is 2. The second-order valence-corrected chi connectivity index (χ2v) is 7.32. The van der Waals surface area contributed by atoms with E-state index in [1.165, 1.54) is 36.6 Å². The molecule has 0 aliphatic heterocycles. The summed E-state index contributed by atoms with van der Waals surface area (Å²) >= 11 is 1.30. The van der Waals surface area contributed by atoms with Crippen LogP contribution in [0, 0.1) is 5.82 Å². The highest BCUT2D eigenvalue weighted by Gasteiger charge is 2.18. The fourth-order valence-electron chi connectivity index (χ4n) is 3.04. The number of thiazole rings is 1. The Kier molecular flexibility index (Phi) is 6.61. The second kappa shape index (κ2) is 9.15. The van der Waals surface area contributed by atoms with Gasteiger partial charge in [-0.3, -0.25) is 4.79 Å². The lowest BCUT2D eigenvalue weighted by Crippen LogP contribution is -2.30. The molecule has 1 amide bonds. The summed E-state index contributed by atoms with van der Waals surface area (Å²) in [5.74, 6) is -0.440. The van der Waals surface area contributed by atoms with E-state index in [1.54, 1.807) is 11.0 Å². The molecule has 7 heteroatoms. The summed E-state index contributed by atoms with van der Waals surface area (Å²) in [6.45, 7) is 5.19. The normalized spacial score (nSPS) is 11.9. The van der Waals surface area contributed by atoms with Crippen molar-refractivity contribution in [1.29, 1.82) is 0 Å². The first-order valence-corrected chi connectivity index (χ1v) is 10.2. The van der Waals surface area contributed by atoms with Crippen molar-refractivity contribution in [2.24, 2.45) is 0 Å². The molecule has 0 saturated carbocycles. The third kappa shape index (κ3) is 4.46. The average molecular weight is 415 g/mol. The molecule has 1 N–H and O–H groups in total. The largest absolute Gasteiger partial charge is 0.494 e. The number of methoxy groups -OCH3 is 1. The van der Waals surface area contributed by atoms with Crippen molar-refractivity contribution in [3.05, 3.63) is 69.8 Å². The first-order valence-electron chi connectivity index (χ1n) is 9.35. The minimum atomic E-state index is -0.997. The van der Waals surface area contributed by atoms with Crippen LogP contribution in [0.25, 0.3) is 11.3 Å². The van der Waals surface area contributed by atoms with E-state index in [0.29, 0.717) is 34.9 Å². The van der Waals surface area contributed by atoms with Crippen molar-refractivity contribution >= 4 is 17.2 Å². The van der Waals surface area contributed by atoms with Crippen molar-refractivity contribution in [3.8, 4) is 17.0 Å². The van der Waals surface area contributed by atoms with Crippen LogP contribution in [0.1, 0.15) is 40.9 Å². The maximum atomic E-state index is 13.6. The number of aliphatic hydroxyl groups excluding tert-OH is 1. The highest BCUT2D eigenvalue weighted by molar-refractivity contribution is 7.10. The van der Waals surface area contributed by atoms with Crippen molar-refractivity contribution in [3.63, 3.8) is 0 Å². The fraction of sp³-hybridized carbons (Fsp3) is 0.273. The third-order valence-corrected chi connectivity index (χ3v) is 5.60. The SMILES string of the molecule is CCN(CC)C(=O)c1cccc(-c2csc(C(O)c3ccc(F)c(OC)c3)n2)c1. The third-order valence-electron chi connectivity index (χ3n) is 4.70. The summed E-state index contributed by atoms with van der Waals surface area (Å²) in [5, 5.41) is 13.0. The van der Waals surface area contributed by atoms with Crippen LogP contribution in [0.2, 0.25) is 0 Å². The molecule has 5 nitrogen and oxygen atoms in total. The monoisotopic (exact) mass is 414 g/mol. The van der Waals surface area contributed by atoms with Crippen molar-refractivity contribution < 1.29 is 19.0 Å². The van der Waals surface area contributed by atoms with Gasteiger partial charge in [0.25, 0.3) is 5.91 Å². The quantitative estimate of drug-likeness (QED) is 0.617. The Morgan fingerprint density at radius 2 is 2.00 bits per heavy atom. The molecule has 0 aliphatic carbocycles. The number of carbonyl (C=O) groups is 1. The smallest absolute Gasteiger partial charge is 0.253 e. The maximum absolute atomic E-state index is 13.6. The van der Waals surface area contributed by atoms with Crippen LogP contribution in [-0.2, 0) is 0 Å². The zero-order chi connectivity index (χ0) is 21.0. The Bertz CT molecular complexity index is 1000. The average Bonchev–Trinajstić information content (AvgIpc) is 3.25. The number of rotatable bonds is 7. The second-order valence-electron chi connectivity index (χ2n) is 6.43. The van der Waals surface area contributed by atoms with Gasteiger partial charge in [0, 0.05) is 29.6 Å². The van der Waals surface area contributed by atoms with E-state index in [1.807, 2.05) is 37.4 Å². The Morgan fingerprint density at radius 3 is 2.69 bits per heavy atom. The Balaban J connectivity index is 1.86. The van der Waals surface area contributed by atoms with Crippen molar-refractivity contribution in [2.75, 3.05) is 20.2 Å². The van der Waals surface area contributed by atoms with Gasteiger partial charge in [-0.15, -0.1) is 11.3 Å². The summed E-state index contributed by atoms with van der Waals surface area (Å²) in [6, 6.07) is 11.5. The number of benzene rings is 2. The van der Waals surface area contributed by atoms with Gasteiger partial charge in [0.2, 0.25) is 0 Å². The zero-order valence-corrected chi connectivity index (χ0v) is 17.4. The van der Waals surface area contributed by atoms with E-state index in [-0.39, 0.29) is 11.7 Å². The highest BCUT2D eigenvalue weighted by Crippen LogP contribution is 2.31. The summed E-state index contributed by atoms with van der Waals surface area (Å²) < 4.78 is 18.6. The number of ether oxygens (including phenoxy) is 1. The molecular formula is C22H23FN2O3S. The van der Waals surface area contributed by atoms with E-state index < -0.39 is 11.9 Å². The van der Waals surface area contributed by atoms with Gasteiger partial charge in [-0.25, -0.2) is 9.37 Å². The molecule has 1 aromatic heterocycles. The summed E-state index contributed by atoms with van der Waals surface area (Å²) in [5.41, 5.74) is 2.57. The standard InChI is InChI=1S/C22H23FN2O3S/c1-4-25(5-2)22(27)16-8-6-7-14(11-16)18-13-29-21(24-18)20(26)15-9-10-17(23)19(12-15)28-3/h6-13,20,26H,4-5H2,1-3H3. The van der Waals surface area contributed by atoms with Gasteiger partial charge in [-0.1, -0.05) is 18.2 Å². The van der Waals surface area contributed by atoms with Crippen LogP contribution >= 0.6 is 11.3 Å². The molecule has 3 rings (SSSR count). The Hall–Kier alpha value is -2.77. The lowest BCUT2D eigenvalue weighted by Gasteiger charge is -2.18. The number of hydrogen-bond acceptors (Lipinski definition) is 5. The van der Waals surface area contributed by atoms with Crippen molar-refractivity contribution in [1.82, 2.24) is 9.88 Å². The number of carbonyl (C=O) groups excluding carboxylic acids is 1. The molecule has 1 unspecified atom stereocenters. The Morgan fingerprint density at radius 1 is 1.24 bits per heavy atom. The zero-order valence-electron chi connectivity index (χ0n) is 16.6. The summed E-state index contributed by atoms with van der Waals surface area (Å²) in [6.07, 6.45) is -0.997. The molecule has 152 valence electrons. The minimum Gasteiger partial charge on any atom is -0.494 e. The molecule has 0 radical (unpaired) electrons. The van der Waals surface area contributed by atoms with E-state index in [0.717, 1.165) is 5.56 Å². The number of aliphatic hydroxyl groups is 1. The van der Waals surface area contributed by atoms with E-state index in [2.05, 4.69) is 4.98 Å². The molecule has 1 atom stereocenters. The number of aromatic nitrogens is 1. The van der Waals surface area contributed by atoms with Gasteiger partial charge in [0.15, 0.2) is 11.6 Å². The molecule has 0 aliphatic rings. The first kappa shape index (κ1) is 21.0. The van der Waals surface area contributed by atoms with Gasteiger partial charge in [-0.2, -0.15) is 0 Å². The van der Waals surface area contributed by atoms with Gasteiger partial charge >= 0.3 is 0 Å². The topological polar surface area (TPSA) is 62.7 Å². The molecule has 2 aromatic carbocycles. The summed E-state index contributed by atoms with van der Waals surface area (Å²) in [4.78, 5) is 18.9. The molecule has 0 bridgehead atoms. The van der Waals surface area contributed by atoms with E-state index in [4.69, 9.17) is 4.74 Å². The molecule has 0 fully saturated rings. The van der Waals surface area contributed by atoms with Crippen molar-refractivity contribution in [2.45, 2.75) is 20.0 Å². The van der Waals surface area contributed by atoms with Crippen LogP contribution in [0.3, 0.4) is 0 Å². The summed E-state index contributed by atoms with van der Waals surface area (Å²) in [7, 11) is 1.38. The van der Waals surface area contributed by atoms with E-state index >= 15 is 0 Å². The molecule has 0 spiro atoms. The van der Waals surface area contributed by atoms with Gasteiger partial charge < -0.3 is 14.7 Å². The predicted molar refractivity (Wildman–Crippen MR) is 112 cm³/mol. The lowest BCUT2D eigenvalue weighted by atomic mass is 10.1. The Labute approximate surface area is 173 Å². The van der Waals surface area contributed by atoms with Crippen LogP contribution in [-0.4, -0.2) is 41.1 Å². The van der Waals surface area contributed by atoms with Crippen LogP contribution in [0.5, 0.6) is 5.75 Å². The lowest BCUT2D eigenvalue weighted by molar-refractivity contribution is 0.0773. The predicted octanol–water partition coefficient (Wildman–Crippen LogP) is 4.52. The van der Waals surface area contributed by atoms with Gasteiger partial charge in [0.05, 0.1) is 12.8 Å². The van der Waals surface area contributed by atoms with Gasteiger partial charge in [-0.05, 0) is 43.7 Å². The molecule has 1 heterocycles. The van der Waals surface area contributed by atoms with Gasteiger partial charge in [0.1, 0.15) is 11.1 Å². The molecular weight excluding hydrogens is 391 g/mol. The van der Waals surface area contributed by atoms with E-state index in [9.17, 15) is 14.3 Å². The highest BCUT2D eigenvalue weighted by atomic mass is 32.1. The number of halogens is 1. The van der Waals surface area contributed by atoms with Crippen LogP contribution in [0.15, 0.2) is 47.8 Å². The van der Waals surface area contributed by atoms with Crippen LogP contribution in [0.4, 0.5) is 4.39 Å². The molecule has 0 saturated heterocycles. The number of hydrogen-bond donors (Lipinski definition) is 1. The maximum Gasteiger partial charge on any atom is 0.253 e. The fourth-order valence-corrected chi connectivity index (χ4v) is 3.88. The molecule has 29 heavy (non-hydrogen) atoms. The number of amides is 1. The molecule has 3 aromatic rings.